The minimum Gasteiger partial charge on any atom is -0.373 e. The van der Waals surface area contributed by atoms with E-state index in [1.165, 1.54) is 17.0 Å². The number of carbonyl (C=O) groups is 2. The number of para-hydroxylation sites is 1. The topological polar surface area (TPSA) is 49.4 Å². The third kappa shape index (κ3) is 2.57. The van der Waals surface area contributed by atoms with Crippen molar-refractivity contribution in [3.05, 3.63) is 59.9 Å². The molecule has 0 spiro atoms. The van der Waals surface area contributed by atoms with Crippen LogP contribution in [0.1, 0.15) is 12.0 Å². The number of imide groups is 1. The second-order valence-corrected chi connectivity index (χ2v) is 5.27. The van der Waals surface area contributed by atoms with Crippen LogP contribution in [0.15, 0.2) is 48.5 Å². The third-order valence-corrected chi connectivity index (χ3v) is 3.67. The molecule has 22 heavy (non-hydrogen) atoms. The zero-order valence-electron chi connectivity index (χ0n) is 12.0. The van der Waals surface area contributed by atoms with Crippen molar-refractivity contribution < 1.29 is 14.0 Å². The summed E-state index contributed by atoms with van der Waals surface area (Å²) in [6, 6.07) is 12.4. The first-order valence-corrected chi connectivity index (χ1v) is 7.01. The lowest BCUT2D eigenvalue weighted by molar-refractivity contribution is -0.121. The van der Waals surface area contributed by atoms with Gasteiger partial charge in [0, 0.05) is 5.69 Å². The molecule has 1 N–H and O–H groups in total. The second-order valence-electron chi connectivity index (χ2n) is 5.27. The maximum Gasteiger partial charge on any atom is 0.256 e. The van der Waals surface area contributed by atoms with Crippen molar-refractivity contribution in [3.63, 3.8) is 0 Å². The lowest BCUT2D eigenvalue weighted by atomic mass is 10.2. The first-order valence-electron chi connectivity index (χ1n) is 7.01. The fourth-order valence-corrected chi connectivity index (χ4v) is 2.59. The number of carbonyl (C=O) groups excluding carboxylic acids is 2. The lowest BCUT2D eigenvalue weighted by Crippen LogP contribution is -2.35. The van der Waals surface area contributed by atoms with E-state index in [0.29, 0.717) is 11.4 Å². The van der Waals surface area contributed by atoms with Gasteiger partial charge in [0.05, 0.1) is 12.1 Å². The number of aryl methyl sites for hydroxylation is 1. The first kappa shape index (κ1) is 14.3. The van der Waals surface area contributed by atoms with Gasteiger partial charge in [0.1, 0.15) is 11.9 Å². The maximum atomic E-state index is 13.2. The molecule has 0 saturated carbocycles. The highest BCUT2D eigenvalue weighted by atomic mass is 19.1. The Kier molecular flexibility index (Phi) is 3.63. The number of hydrogen-bond donors (Lipinski definition) is 1. The van der Waals surface area contributed by atoms with Gasteiger partial charge in [-0.25, -0.2) is 9.29 Å². The summed E-state index contributed by atoms with van der Waals surface area (Å²) in [7, 11) is 0. The maximum absolute atomic E-state index is 13.2. The molecule has 2 amide bonds. The first-order chi connectivity index (χ1) is 10.6. The minimum atomic E-state index is -0.672. The summed E-state index contributed by atoms with van der Waals surface area (Å²) >= 11 is 0. The van der Waals surface area contributed by atoms with Gasteiger partial charge in [-0.3, -0.25) is 9.59 Å². The van der Waals surface area contributed by atoms with Gasteiger partial charge in [-0.2, -0.15) is 0 Å². The van der Waals surface area contributed by atoms with Crippen LogP contribution in [0.5, 0.6) is 0 Å². The fraction of sp³-hybridized carbons (Fsp3) is 0.176. The number of benzene rings is 2. The predicted molar refractivity (Wildman–Crippen MR) is 82.1 cm³/mol. The smallest absolute Gasteiger partial charge is 0.256 e. The van der Waals surface area contributed by atoms with Gasteiger partial charge in [0.2, 0.25) is 5.91 Å². The average molecular weight is 298 g/mol. The Balaban J connectivity index is 1.84. The van der Waals surface area contributed by atoms with Crippen molar-refractivity contribution in [3.8, 4) is 0 Å². The number of amides is 2. The summed E-state index contributed by atoms with van der Waals surface area (Å²) in [4.78, 5) is 25.9. The van der Waals surface area contributed by atoms with Crippen molar-refractivity contribution in [1.29, 1.82) is 0 Å². The van der Waals surface area contributed by atoms with E-state index in [2.05, 4.69) is 5.32 Å². The number of nitrogens with zero attached hydrogens (tertiary/aromatic N) is 1. The molecule has 0 radical (unpaired) electrons. The molecular formula is C17H15FN2O2. The Bertz CT molecular complexity index is 745. The summed E-state index contributed by atoms with van der Waals surface area (Å²) in [5, 5.41) is 2.93. The molecule has 1 aliphatic heterocycles. The van der Waals surface area contributed by atoms with Crippen LogP contribution >= 0.6 is 0 Å². The van der Waals surface area contributed by atoms with E-state index in [4.69, 9.17) is 0 Å². The van der Waals surface area contributed by atoms with Crippen LogP contribution in [-0.2, 0) is 9.59 Å². The predicted octanol–water partition coefficient (Wildman–Crippen LogP) is 2.88. The van der Waals surface area contributed by atoms with Crippen molar-refractivity contribution in [2.24, 2.45) is 0 Å². The molecule has 1 heterocycles. The molecule has 112 valence electrons. The zero-order valence-corrected chi connectivity index (χ0v) is 12.0. The minimum absolute atomic E-state index is 0.0592. The molecule has 1 fully saturated rings. The molecule has 0 aromatic heterocycles. The Morgan fingerprint density at radius 2 is 1.91 bits per heavy atom. The summed E-state index contributed by atoms with van der Waals surface area (Å²) in [5.74, 6) is -0.964. The molecule has 0 aliphatic carbocycles. The van der Waals surface area contributed by atoms with Gasteiger partial charge in [-0.1, -0.05) is 24.3 Å². The molecule has 5 heteroatoms. The molecule has 1 saturated heterocycles. The second kappa shape index (κ2) is 5.60. The highest BCUT2D eigenvalue weighted by Gasteiger charge is 2.40. The fourth-order valence-electron chi connectivity index (χ4n) is 2.59. The van der Waals surface area contributed by atoms with Gasteiger partial charge < -0.3 is 5.32 Å². The molecule has 0 bridgehead atoms. The number of nitrogens with one attached hydrogen (secondary N) is 1. The Morgan fingerprint density at radius 1 is 1.14 bits per heavy atom. The van der Waals surface area contributed by atoms with E-state index in [1.54, 1.807) is 24.3 Å². The van der Waals surface area contributed by atoms with Crippen LogP contribution < -0.4 is 10.2 Å². The van der Waals surface area contributed by atoms with Crippen LogP contribution in [0.3, 0.4) is 0 Å². The third-order valence-electron chi connectivity index (χ3n) is 3.67. The van der Waals surface area contributed by atoms with Crippen molar-refractivity contribution in [2.45, 2.75) is 19.4 Å². The highest BCUT2D eigenvalue weighted by Crippen LogP contribution is 2.27. The van der Waals surface area contributed by atoms with Crippen LogP contribution in [0.4, 0.5) is 15.8 Å². The van der Waals surface area contributed by atoms with Gasteiger partial charge in [-0.15, -0.1) is 0 Å². The zero-order chi connectivity index (χ0) is 15.7. The molecule has 0 unspecified atom stereocenters. The Morgan fingerprint density at radius 3 is 2.64 bits per heavy atom. The molecule has 4 nitrogen and oxygen atoms in total. The molecule has 2 aromatic carbocycles. The monoisotopic (exact) mass is 298 g/mol. The largest absolute Gasteiger partial charge is 0.373 e. The SMILES string of the molecule is Cc1ccccc1N1C(=O)C[C@@H](Nc2cccc(F)c2)C1=O. The molecule has 3 rings (SSSR count). The quantitative estimate of drug-likeness (QED) is 0.886. The van der Waals surface area contributed by atoms with Crippen LogP contribution in [-0.4, -0.2) is 17.9 Å². The number of rotatable bonds is 3. The summed E-state index contributed by atoms with van der Waals surface area (Å²) in [5.41, 5.74) is 1.94. The number of halogens is 1. The summed E-state index contributed by atoms with van der Waals surface area (Å²) < 4.78 is 13.2. The standard InChI is InChI=1S/C17H15FN2O2/c1-11-5-2-3-8-15(11)20-16(21)10-14(17(20)22)19-13-7-4-6-12(18)9-13/h2-9,14,19H,10H2,1H3/t14-/m1/s1. The van der Waals surface area contributed by atoms with Gasteiger partial charge in [0.25, 0.3) is 5.91 Å². The van der Waals surface area contributed by atoms with E-state index in [9.17, 15) is 14.0 Å². The van der Waals surface area contributed by atoms with E-state index < -0.39 is 11.9 Å². The van der Waals surface area contributed by atoms with Gasteiger partial charge >= 0.3 is 0 Å². The highest BCUT2D eigenvalue weighted by molar-refractivity contribution is 6.23. The molecular weight excluding hydrogens is 283 g/mol. The van der Waals surface area contributed by atoms with Gasteiger partial charge in [0.15, 0.2) is 0 Å². The van der Waals surface area contributed by atoms with Crippen molar-refractivity contribution >= 4 is 23.2 Å². The lowest BCUT2D eigenvalue weighted by Gasteiger charge is -2.18. The Labute approximate surface area is 127 Å². The molecule has 1 aliphatic rings. The van der Waals surface area contributed by atoms with Crippen LogP contribution in [0.25, 0.3) is 0 Å². The van der Waals surface area contributed by atoms with E-state index in [0.717, 1.165) is 5.56 Å². The van der Waals surface area contributed by atoms with E-state index in [1.807, 2.05) is 19.1 Å². The van der Waals surface area contributed by atoms with Crippen molar-refractivity contribution in [2.75, 3.05) is 10.2 Å². The van der Waals surface area contributed by atoms with Crippen LogP contribution in [0.2, 0.25) is 0 Å². The summed E-state index contributed by atoms with van der Waals surface area (Å²) in [6.07, 6.45) is 0.0592. The van der Waals surface area contributed by atoms with Crippen molar-refractivity contribution in [1.82, 2.24) is 0 Å². The van der Waals surface area contributed by atoms with Crippen LogP contribution in [0, 0.1) is 12.7 Å². The van der Waals surface area contributed by atoms with E-state index >= 15 is 0 Å². The number of anilines is 2. The van der Waals surface area contributed by atoms with Gasteiger partial charge in [-0.05, 0) is 36.8 Å². The Hall–Kier alpha value is -2.69. The molecule has 1 atom stereocenters. The summed E-state index contributed by atoms with van der Waals surface area (Å²) in [6.45, 7) is 1.85. The average Bonchev–Trinajstić information content (AvgIpc) is 2.74. The number of hydrogen-bond acceptors (Lipinski definition) is 3. The normalized spacial score (nSPS) is 17.9. The molecule has 2 aromatic rings. The van der Waals surface area contributed by atoms with E-state index in [-0.39, 0.29) is 18.2 Å².